The van der Waals surface area contributed by atoms with Crippen molar-refractivity contribution in [3.05, 3.63) is 65.0 Å². The molecule has 2 aromatic carbocycles. The Morgan fingerprint density at radius 3 is 2.59 bits per heavy atom. The van der Waals surface area contributed by atoms with E-state index in [1.165, 1.54) is 22.5 Å². The molecule has 2 N–H and O–H groups in total. The van der Waals surface area contributed by atoms with Crippen molar-refractivity contribution in [1.29, 1.82) is 0 Å². The van der Waals surface area contributed by atoms with E-state index in [-0.39, 0.29) is 30.1 Å². The highest BCUT2D eigenvalue weighted by Gasteiger charge is 2.35. The largest absolute Gasteiger partial charge is 0.360 e. The van der Waals surface area contributed by atoms with Crippen LogP contribution in [0.1, 0.15) is 23.1 Å². The van der Waals surface area contributed by atoms with Crippen LogP contribution in [0.3, 0.4) is 0 Å². The topological polar surface area (TPSA) is 105 Å². The number of hydrogen-bond donors (Lipinski definition) is 2. The Hall–Kier alpha value is -2.82. The van der Waals surface area contributed by atoms with Crippen LogP contribution in [0, 0.1) is 19.7 Å². The number of amides is 2. The minimum absolute atomic E-state index is 0.147. The van der Waals surface area contributed by atoms with Gasteiger partial charge in [-0.2, -0.15) is 4.31 Å². The smallest absolute Gasteiger partial charge is 0.309 e. The Kier molecular flexibility index (Phi) is 7.60. The summed E-state index contributed by atoms with van der Waals surface area (Å²) in [4.78, 5) is 24.4. The normalized spacial score (nSPS) is 17.0. The number of halogens is 1. The fourth-order valence-corrected chi connectivity index (χ4v) is 5.25. The number of sulfonamides is 1. The minimum atomic E-state index is -3.87. The fourth-order valence-electron chi connectivity index (χ4n) is 3.37. The number of hydrogen-bond acceptors (Lipinski definition) is 5. The first-order valence-corrected chi connectivity index (χ1v) is 11.6. The minimum Gasteiger partial charge on any atom is -0.360 e. The van der Waals surface area contributed by atoms with E-state index in [9.17, 15) is 22.4 Å². The van der Waals surface area contributed by atoms with Crippen LogP contribution in [-0.2, 0) is 30.9 Å². The molecular weight excluding hydrogens is 437 g/mol. The summed E-state index contributed by atoms with van der Waals surface area (Å²) in [6, 6.07) is 11.1. The van der Waals surface area contributed by atoms with E-state index in [4.69, 9.17) is 4.74 Å². The molecule has 172 valence electrons. The van der Waals surface area contributed by atoms with Gasteiger partial charge in [-0.25, -0.2) is 12.8 Å². The van der Waals surface area contributed by atoms with Crippen molar-refractivity contribution in [2.75, 3.05) is 19.7 Å². The van der Waals surface area contributed by atoms with Gasteiger partial charge >= 0.3 is 11.8 Å². The zero-order chi connectivity index (χ0) is 23.3. The molecule has 0 unspecified atom stereocenters. The van der Waals surface area contributed by atoms with Crippen LogP contribution >= 0.6 is 0 Å². The van der Waals surface area contributed by atoms with Gasteiger partial charge in [-0.15, -0.1) is 0 Å². The molecule has 1 saturated heterocycles. The second kappa shape index (κ2) is 10.2. The van der Waals surface area contributed by atoms with Gasteiger partial charge in [0, 0.05) is 18.7 Å². The van der Waals surface area contributed by atoms with Gasteiger partial charge in [0.05, 0.1) is 18.0 Å². The first-order valence-electron chi connectivity index (χ1n) is 10.2. The standard InChI is InChI=1S/C22H26FN3O5S/c1-15-8-9-16(2)19(12-15)32(29,30)26-10-5-11-31-20(26)14-25-22(28)21(27)24-13-17-6-3-4-7-18(17)23/h3-4,6-9,12,20H,5,10-11,13-14H2,1-2H3,(H,24,27)(H,25,28)/t20-/m1/s1. The molecule has 1 atom stereocenters. The molecule has 1 aliphatic heterocycles. The van der Waals surface area contributed by atoms with Crippen molar-refractivity contribution < 1.29 is 27.1 Å². The molecule has 1 fully saturated rings. The number of aryl methyl sites for hydroxylation is 2. The summed E-state index contributed by atoms with van der Waals surface area (Å²) in [5.74, 6) is -2.40. The maximum absolute atomic E-state index is 13.6. The predicted molar refractivity (Wildman–Crippen MR) is 115 cm³/mol. The molecule has 10 heteroatoms. The summed E-state index contributed by atoms with van der Waals surface area (Å²) < 4.78 is 47.0. The summed E-state index contributed by atoms with van der Waals surface area (Å²) in [6.45, 7) is 3.74. The van der Waals surface area contributed by atoms with Crippen molar-refractivity contribution in [1.82, 2.24) is 14.9 Å². The lowest BCUT2D eigenvalue weighted by atomic mass is 10.2. The zero-order valence-electron chi connectivity index (χ0n) is 17.9. The van der Waals surface area contributed by atoms with Crippen LogP contribution in [0.25, 0.3) is 0 Å². The van der Waals surface area contributed by atoms with Crippen LogP contribution in [0.5, 0.6) is 0 Å². The van der Waals surface area contributed by atoms with Gasteiger partial charge in [-0.05, 0) is 43.5 Å². The van der Waals surface area contributed by atoms with Gasteiger partial charge in [0.1, 0.15) is 12.0 Å². The molecule has 1 heterocycles. The fraction of sp³-hybridized carbons (Fsp3) is 0.364. The van der Waals surface area contributed by atoms with Gasteiger partial charge in [-0.3, -0.25) is 9.59 Å². The van der Waals surface area contributed by atoms with Crippen molar-refractivity contribution >= 4 is 21.8 Å². The van der Waals surface area contributed by atoms with Crippen molar-refractivity contribution in [3.63, 3.8) is 0 Å². The number of benzene rings is 2. The number of ether oxygens (including phenoxy) is 1. The highest BCUT2D eigenvalue weighted by atomic mass is 32.2. The van der Waals surface area contributed by atoms with Crippen LogP contribution in [0.4, 0.5) is 4.39 Å². The summed E-state index contributed by atoms with van der Waals surface area (Å²) in [7, 11) is -3.87. The van der Waals surface area contributed by atoms with Gasteiger partial charge in [0.15, 0.2) is 0 Å². The Morgan fingerprint density at radius 2 is 1.84 bits per heavy atom. The van der Waals surface area contributed by atoms with Gasteiger partial charge in [0.25, 0.3) is 0 Å². The van der Waals surface area contributed by atoms with E-state index < -0.39 is 33.9 Å². The molecular formula is C22H26FN3O5S. The van der Waals surface area contributed by atoms with Gasteiger partial charge in [0.2, 0.25) is 10.0 Å². The summed E-state index contributed by atoms with van der Waals surface area (Å²) in [5, 5.41) is 4.75. The van der Waals surface area contributed by atoms with Gasteiger partial charge in [-0.1, -0.05) is 30.3 Å². The first kappa shape index (κ1) is 23.8. The third-order valence-corrected chi connectivity index (χ3v) is 7.16. The Labute approximate surface area is 186 Å². The highest BCUT2D eigenvalue weighted by Crippen LogP contribution is 2.25. The quantitative estimate of drug-likeness (QED) is 0.634. The molecule has 0 radical (unpaired) electrons. The Bertz CT molecular complexity index is 1110. The number of rotatable bonds is 6. The van der Waals surface area contributed by atoms with Crippen molar-refractivity contribution in [2.45, 2.75) is 37.9 Å². The second-order valence-corrected chi connectivity index (χ2v) is 9.41. The molecule has 0 aliphatic carbocycles. The van der Waals surface area contributed by atoms with E-state index in [0.717, 1.165) is 5.56 Å². The van der Waals surface area contributed by atoms with Crippen molar-refractivity contribution in [2.24, 2.45) is 0 Å². The SMILES string of the molecule is Cc1ccc(C)c(S(=O)(=O)N2CCCO[C@@H]2CNC(=O)C(=O)NCc2ccccc2F)c1. The highest BCUT2D eigenvalue weighted by molar-refractivity contribution is 7.89. The molecule has 1 aliphatic rings. The Balaban J connectivity index is 1.64. The van der Waals surface area contributed by atoms with E-state index >= 15 is 0 Å². The number of nitrogens with one attached hydrogen (secondary N) is 2. The number of nitrogens with zero attached hydrogens (tertiary/aromatic N) is 1. The molecule has 0 aromatic heterocycles. The average Bonchev–Trinajstić information content (AvgIpc) is 2.78. The third kappa shape index (κ3) is 5.50. The zero-order valence-corrected chi connectivity index (χ0v) is 18.7. The molecule has 2 amide bonds. The molecule has 0 bridgehead atoms. The van der Waals surface area contributed by atoms with Crippen LogP contribution in [-0.4, -0.2) is 50.5 Å². The van der Waals surface area contributed by atoms with Crippen LogP contribution in [0.2, 0.25) is 0 Å². The lowest BCUT2D eigenvalue weighted by molar-refractivity contribution is -0.140. The summed E-state index contributed by atoms with van der Waals surface area (Å²) in [5.41, 5.74) is 1.66. The monoisotopic (exact) mass is 463 g/mol. The molecule has 0 saturated carbocycles. The maximum atomic E-state index is 13.6. The van der Waals surface area contributed by atoms with Crippen LogP contribution in [0.15, 0.2) is 47.4 Å². The second-order valence-electron chi connectivity index (χ2n) is 7.55. The lowest BCUT2D eigenvalue weighted by Crippen LogP contribution is -2.53. The van der Waals surface area contributed by atoms with Gasteiger partial charge < -0.3 is 15.4 Å². The Morgan fingerprint density at radius 1 is 1.12 bits per heavy atom. The van der Waals surface area contributed by atoms with E-state index in [2.05, 4.69) is 10.6 Å². The van der Waals surface area contributed by atoms with E-state index in [1.54, 1.807) is 25.1 Å². The maximum Gasteiger partial charge on any atom is 0.309 e. The molecule has 8 nitrogen and oxygen atoms in total. The first-order chi connectivity index (χ1) is 15.2. The van der Waals surface area contributed by atoms with E-state index in [0.29, 0.717) is 18.6 Å². The van der Waals surface area contributed by atoms with Crippen LogP contribution < -0.4 is 10.6 Å². The molecule has 3 rings (SSSR count). The average molecular weight is 464 g/mol. The van der Waals surface area contributed by atoms with E-state index in [1.807, 2.05) is 13.0 Å². The number of carbonyl (C=O) groups is 2. The molecule has 2 aromatic rings. The lowest BCUT2D eigenvalue weighted by Gasteiger charge is -2.35. The van der Waals surface area contributed by atoms with Crippen molar-refractivity contribution in [3.8, 4) is 0 Å². The molecule has 32 heavy (non-hydrogen) atoms. The molecule has 0 spiro atoms. The number of carbonyl (C=O) groups excluding carboxylic acids is 2. The summed E-state index contributed by atoms with van der Waals surface area (Å²) in [6.07, 6.45) is -0.436. The third-order valence-electron chi connectivity index (χ3n) is 5.13. The predicted octanol–water partition coefficient (Wildman–Crippen LogP) is 1.61. The summed E-state index contributed by atoms with van der Waals surface area (Å²) >= 11 is 0.